The lowest BCUT2D eigenvalue weighted by atomic mass is 9.90. The molecule has 1 aromatic carbocycles. The second kappa shape index (κ2) is 10.9. The normalized spacial score (nSPS) is 22.5. The van der Waals surface area contributed by atoms with Crippen LogP contribution in [0.25, 0.3) is 0 Å². The van der Waals surface area contributed by atoms with Crippen LogP contribution in [-0.4, -0.2) is 74.2 Å². The summed E-state index contributed by atoms with van der Waals surface area (Å²) in [5.74, 6) is 1.54. The van der Waals surface area contributed by atoms with Gasteiger partial charge in [-0.25, -0.2) is 0 Å². The number of nitrogens with one attached hydrogen (secondary N) is 1. The van der Waals surface area contributed by atoms with Gasteiger partial charge in [0, 0.05) is 26.2 Å². The van der Waals surface area contributed by atoms with Crippen molar-refractivity contribution in [1.82, 2.24) is 15.1 Å². The molecular weight excluding hydrogens is 350 g/mol. The highest BCUT2D eigenvalue weighted by Gasteiger charge is 2.23. The van der Waals surface area contributed by atoms with Crippen molar-refractivity contribution in [2.75, 3.05) is 52.4 Å². The lowest BCUT2D eigenvalue weighted by Crippen LogP contribution is -2.49. The van der Waals surface area contributed by atoms with Gasteiger partial charge in [0.05, 0.1) is 19.3 Å². The van der Waals surface area contributed by atoms with Crippen molar-refractivity contribution in [2.24, 2.45) is 11.8 Å². The number of benzene rings is 1. The standard InChI is InChI=1S/C23H37N3O2/c1-19(2)16-26-12-13-28-22(17-26)15-24-23(27)18-25-10-8-21(9-11-25)14-20-6-4-3-5-7-20/h3-7,19,21-22H,8-18H2,1-2H3,(H,24,27). The zero-order valence-electron chi connectivity index (χ0n) is 17.6. The molecule has 5 heteroatoms. The number of likely N-dealkylation sites (tertiary alicyclic amines) is 1. The summed E-state index contributed by atoms with van der Waals surface area (Å²) in [6, 6.07) is 10.7. The van der Waals surface area contributed by atoms with E-state index in [4.69, 9.17) is 4.74 Å². The van der Waals surface area contributed by atoms with Crippen LogP contribution in [0.3, 0.4) is 0 Å². The molecule has 1 unspecified atom stereocenters. The van der Waals surface area contributed by atoms with E-state index in [1.165, 1.54) is 18.4 Å². The summed E-state index contributed by atoms with van der Waals surface area (Å²) in [5, 5.41) is 3.09. The molecule has 2 aliphatic rings. The van der Waals surface area contributed by atoms with E-state index in [2.05, 4.69) is 59.3 Å². The maximum Gasteiger partial charge on any atom is 0.234 e. The lowest BCUT2D eigenvalue weighted by Gasteiger charge is -2.34. The molecule has 0 radical (unpaired) electrons. The molecule has 5 nitrogen and oxygen atoms in total. The van der Waals surface area contributed by atoms with E-state index in [-0.39, 0.29) is 12.0 Å². The van der Waals surface area contributed by atoms with Crippen molar-refractivity contribution in [3.05, 3.63) is 35.9 Å². The number of rotatable bonds is 8. The molecule has 2 saturated heterocycles. The highest BCUT2D eigenvalue weighted by atomic mass is 16.5. The zero-order chi connectivity index (χ0) is 19.8. The Hall–Kier alpha value is -1.43. The topological polar surface area (TPSA) is 44.8 Å². The monoisotopic (exact) mass is 387 g/mol. The van der Waals surface area contributed by atoms with E-state index in [1.807, 2.05) is 0 Å². The summed E-state index contributed by atoms with van der Waals surface area (Å²) in [4.78, 5) is 17.1. The van der Waals surface area contributed by atoms with Crippen molar-refractivity contribution < 1.29 is 9.53 Å². The fourth-order valence-electron chi connectivity index (χ4n) is 4.37. The third-order valence-corrected chi connectivity index (χ3v) is 5.81. The molecule has 0 saturated carbocycles. The molecule has 0 aromatic heterocycles. The van der Waals surface area contributed by atoms with Gasteiger partial charge in [-0.2, -0.15) is 0 Å². The third-order valence-electron chi connectivity index (χ3n) is 5.81. The van der Waals surface area contributed by atoms with Gasteiger partial charge in [0.25, 0.3) is 0 Å². The van der Waals surface area contributed by atoms with Crippen molar-refractivity contribution in [1.29, 1.82) is 0 Å². The summed E-state index contributed by atoms with van der Waals surface area (Å²) in [6.07, 6.45) is 3.64. The van der Waals surface area contributed by atoms with E-state index in [0.29, 0.717) is 19.0 Å². The quantitative estimate of drug-likeness (QED) is 0.744. The van der Waals surface area contributed by atoms with E-state index < -0.39 is 0 Å². The molecule has 2 fully saturated rings. The van der Waals surface area contributed by atoms with Gasteiger partial charge < -0.3 is 10.1 Å². The number of piperidine rings is 1. The van der Waals surface area contributed by atoms with Gasteiger partial charge in [-0.05, 0) is 49.8 Å². The minimum Gasteiger partial charge on any atom is -0.374 e. The molecule has 3 rings (SSSR count). The Bertz CT molecular complexity index is 585. The number of hydrogen-bond acceptors (Lipinski definition) is 4. The Kier molecular flexibility index (Phi) is 8.31. The number of ether oxygens (including phenoxy) is 1. The molecule has 28 heavy (non-hydrogen) atoms. The Labute approximate surface area is 170 Å². The highest BCUT2D eigenvalue weighted by Crippen LogP contribution is 2.21. The number of nitrogens with zero attached hydrogens (tertiary/aromatic N) is 2. The van der Waals surface area contributed by atoms with E-state index in [1.54, 1.807) is 0 Å². The largest absolute Gasteiger partial charge is 0.374 e. The fourth-order valence-corrected chi connectivity index (χ4v) is 4.37. The van der Waals surface area contributed by atoms with Crippen LogP contribution in [0.4, 0.5) is 0 Å². The van der Waals surface area contributed by atoms with Crippen LogP contribution in [0.2, 0.25) is 0 Å². The SMILES string of the molecule is CC(C)CN1CCOC(CNC(=O)CN2CCC(Cc3ccccc3)CC2)C1. The van der Waals surface area contributed by atoms with Gasteiger partial charge in [0.1, 0.15) is 0 Å². The molecule has 0 spiro atoms. The number of hydrogen-bond donors (Lipinski definition) is 1. The maximum atomic E-state index is 12.4. The molecule has 1 amide bonds. The zero-order valence-corrected chi connectivity index (χ0v) is 17.6. The Morgan fingerprint density at radius 3 is 2.61 bits per heavy atom. The van der Waals surface area contributed by atoms with Gasteiger partial charge in [0.2, 0.25) is 5.91 Å². The molecule has 156 valence electrons. The van der Waals surface area contributed by atoms with E-state index in [0.717, 1.165) is 51.7 Å². The molecular formula is C23H37N3O2. The van der Waals surface area contributed by atoms with Crippen LogP contribution >= 0.6 is 0 Å². The van der Waals surface area contributed by atoms with Gasteiger partial charge >= 0.3 is 0 Å². The number of carbonyl (C=O) groups excluding carboxylic acids is 1. The van der Waals surface area contributed by atoms with Crippen molar-refractivity contribution in [3.63, 3.8) is 0 Å². The van der Waals surface area contributed by atoms with Crippen LogP contribution < -0.4 is 5.32 Å². The highest BCUT2D eigenvalue weighted by molar-refractivity contribution is 5.78. The predicted octanol–water partition coefficient (Wildman–Crippen LogP) is 2.41. The Balaban J connectivity index is 1.31. The molecule has 1 aromatic rings. The molecule has 1 N–H and O–H groups in total. The summed E-state index contributed by atoms with van der Waals surface area (Å²) in [7, 11) is 0. The van der Waals surface area contributed by atoms with Crippen LogP contribution in [0, 0.1) is 11.8 Å². The van der Waals surface area contributed by atoms with Crippen molar-refractivity contribution >= 4 is 5.91 Å². The summed E-state index contributed by atoms with van der Waals surface area (Å²) >= 11 is 0. The maximum absolute atomic E-state index is 12.4. The summed E-state index contributed by atoms with van der Waals surface area (Å²) < 4.78 is 5.83. The first-order valence-electron chi connectivity index (χ1n) is 11.0. The summed E-state index contributed by atoms with van der Waals surface area (Å²) in [6.45, 7) is 11.5. The number of amides is 1. The van der Waals surface area contributed by atoms with Crippen LogP contribution in [0.15, 0.2) is 30.3 Å². The number of morpholine rings is 1. The van der Waals surface area contributed by atoms with Crippen molar-refractivity contribution in [3.8, 4) is 0 Å². The first-order valence-corrected chi connectivity index (χ1v) is 11.0. The third kappa shape index (κ3) is 7.19. The van der Waals surface area contributed by atoms with Gasteiger partial charge in [-0.1, -0.05) is 44.2 Å². The second-order valence-electron chi connectivity index (χ2n) is 8.86. The average molecular weight is 388 g/mol. The smallest absolute Gasteiger partial charge is 0.234 e. The van der Waals surface area contributed by atoms with E-state index in [9.17, 15) is 4.79 Å². The van der Waals surface area contributed by atoms with Gasteiger partial charge in [-0.3, -0.25) is 14.6 Å². The fraction of sp³-hybridized carbons (Fsp3) is 0.696. The first-order chi connectivity index (χ1) is 13.6. The molecule has 2 aliphatic heterocycles. The minimum atomic E-state index is 0.119. The van der Waals surface area contributed by atoms with Crippen LogP contribution in [0.5, 0.6) is 0 Å². The second-order valence-corrected chi connectivity index (χ2v) is 8.86. The van der Waals surface area contributed by atoms with E-state index >= 15 is 0 Å². The molecule has 0 bridgehead atoms. The Morgan fingerprint density at radius 2 is 1.89 bits per heavy atom. The molecule has 1 atom stereocenters. The van der Waals surface area contributed by atoms with Gasteiger partial charge in [0.15, 0.2) is 0 Å². The lowest BCUT2D eigenvalue weighted by molar-refractivity contribution is -0.123. The first kappa shape index (κ1) is 21.3. The minimum absolute atomic E-state index is 0.119. The average Bonchev–Trinajstić information content (AvgIpc) is 2.69. The van der Waals surface area contributed by atoms with Crippen LogP contribution in [0.1, 0.15) is 32.3 Å². The predicted molar refractivity (Wildman–Crippen MR) is 113 cm³/mol. The molecule has 2 heterocycles. The molecule has 0 aliphatic carbocycles. The van der Waals surface area contributed by atoms with Gasteiger partial charge in [-0.15, -0.1) is 0 Å². The number of carbonyl (C=O) groups is 1. The Morgan fingerprint density at radius 1 is 1.14 bits per heavy atom. The van der Waals surface area contributed by atoms with Crippen molar-refractivity contribution in [2.45, 2.75) is 39.2 Å². The summed E-state index contributed by atoms with van der Waals surface area (Å²) in [5.41, 5.74) is 1.43. The van der Waals surface area contributed by atoms with Crippen LogP contribution in [-0.2, 0) is 16.0 Å².